The second kappa shape index (κ2) is 8.42. The van der Waals surface area contributed by atoms with E-state index < -0.39 is 28.6 Å². The minimum atomic E-state index is -3.91. The Morgan fingerprint density at radius 3 is 2.48 bits per heavy atom. The number of hydrogen-bond donors (Lipinski definition) is 1. The van der Waals surface area contributed by atoms with E-state index in [0.717, 1.165) is 5.56 Å². The number of rotatable bonds is 7. The summed E-state index contributed by atoms with van der Waals surface area (Å²) in [4.78, 5) is 11.1. The monoisotopic (exact) mass is 419 g/mol. The van der Waals surface area contributed by atoms with Crippen LogP contribution in [0.25, 0.3) is 0 Å². The first-order valence-corrected chi connectivity index (χ1v) is 10.8. The maximum atomic E-state index is 13.8. The number of sulfonamides is 1. The number of nitrogens with zero attached hydrogens (tertiary/aromatic N) is 1. The van der Waals surface area contributed by atoms with Crippen LogP contribution < -0.4 is 9.04 Å². The Kier molecular flexibility index (Phi) is 6.14. The van der Waals surface area contributed by atoms with Crippen molar-refractivity contribution in [1.29, 1.82) is 0 Å². The van der Waals surface area contributed by atoms with Gasteiger partial charge in [0, 0.05) is 0 Å². The van der Waals surface area contributed by atoms with Gasteiger partial charge in [0.1, 0.15) is 12.4 Å². The molecule has 1 atom stereocenters. The Hall–Kier alpha value is -2.58. The molecule has 0 fully saturated rings. The summed E-state index contributed by atoms with van der Waals surface area (Å²) in [7, 11) is -2.37. The first-order chi connectivity index (χ1) is 13.8. The van der Waals surface area contributed by atoms with Gasteiger partial charge in [-0.15, -0.1) is 0 Å². The van der Waals surface area contributed by atoms with Crippen LogP contribution in [-0.2, 0) is 26.0 Å². The topological polar surface area (TPSA) is 93.1 Å². The molecule has 0 spiro atoms. The Bertz CT molecular complexity index is 995. The van der Waals surface area contributed by atoms with E-state index in [9.17, 15) is 13.2 Å². The number of carboxylic acid groups (broad SMARTS) is 1. The number of anilines is 1. The molecule has 0 radical (unpaired) electrons. The van der Waals surface area contributed by atoms with Gasteiger partial charge in [0.2, 0.25) is 0 Å². The lowest BCUT2D eigenvalue weighted by Gasteiger charge is -2.38. The SMILES string of the molecule is COc1cc(C)c(S(=O)(=O)N2c3ccccc3CCC2COCC(=O)O)c(C)c1. The third-order valence-electron chi connectivity index (χ3n) is 5.03. The maximum Gasteiger partial charge on any atom is 0.329 e. The maximum absolute atomic E-state index is 13.8. The van der Waals surface area contributed by atoms with Gasteiger partial charge >= 0.3 is 5.97 Å². The van der Waals surface area contributed by atoms with Crippen molar-refractivity contribution in [2.75, 3.05) is 24.6 Å². The van der Waals surface area contributed by atoms with Gasteiger partial charge in [-0.3, -0.25) is 4.31 Å². The van der Waals surface area contributed by atoms with Crippen molar-refractivity contribution >= 4 is 21.7 Å². The van der Waals surface area contributed by atoms with E-state index >= 15 is 0 Å². The van der Waals surface area contributed by atoms with Crippen LogP contribution >= 0.6 is 0 Å². The van der Waals surface area contributed by atoms with Gasteiger partial charge in [-0.2, -0.15) is 0 Å². The summed E-state index contributed by atoms with van der Waals surface area (Å²) in [5.41, 5.74) is 2.73. The smallest absolute Gasteiger partial charge is 0.329 e. The summed E-state index contributed by atoms with van der Waals surface area (Å²) >= 11 is 0. The van der Waals surface area contributed by atoms with Crippen LogP contribution in [0.5, 0.6) is 5.75 Å². The Labute approximate surface area is 170 Å². The van der Waals surface area contributed by atoms with E-state index in [1.165, 1.54) is 4.31 Å². The van der Waals surface area contributed by atoms with Gasteiger partial charge in [0.15, 0.2) is 0 Å². The zero-order valence-corrected chi connectivity index (χ0v) is 17.5. The lowest BCUT2D eigenvalue weighted by Crippen LogP contribution is -2.46. The first kappa shape index (κ1) is 21.1. The molecule has 0 amide bonds. The third kappa shape index (κ3) is 4.23. The van der Waals surface area contributed by atoms with Crippen molar-refractivity contribution in [3.05, 3.63) is 53.1 Å². The van der Waals surface area contributed by atoms with E-state index in [-0.39, 0.29) is 11.5 Å². The molecule has 0 saturated heterocycles. The van der Waals surface area contributed by atoms with Crippen molar-refractivity contribution in [3.63, 3.8) is 0 Å². The molecule has 3 rings (SSSR count). The standard InChI is InChI=1S/C21H25NO6S/c1-14-10-18(27-3)11-15(2)21(14)29(25,26)22-17(12-28-13-20(23)24)9-8-16-6-4-5-7-19(16)22/h4-7,10-11,17H,8-9,12-13H2,1-3H3,(H,23,24). The number of benzene rings is 2. The molecule has 1 aliphatic rings. The quantitative estimate of drug-likeness (QED) is 0.742. The average Bonchev–Trinajstić information content (AvgIpc) is 2.66. The van der Waals surface area contributed by atoms with Gasteiger partial charge in [0.25, 0.3) is 10.0 Å². The number of aryl methyl sites for hydroxylation is 3. The summed E-state index contributed by atoms with van der Waals surface area (Å²) in [5.74, 6) is -0.489. The summed E-state index contributed by atoms with van der Waals surface area (Å²) in [6.07, 6.45) is 1.24. The molecule has 1 aliphatic heterocycles. The Morgan fingerprint density at radius 2 is 1.86 bits per heavy atom. The van der Waals surface area contributed by atoms with E-state index in [1.54, 1.807) is 45.2 Å². The van der Waals surface area contributed by atoms with E-state index in [4.69, 9.17) is 14.6 Å². The van der Waals surface area contributed by atoms with Gasteiger partial charge in [0.05, 0.1) is 30.3 Å². The second-order valence-electron chi connectivity index (χ2n) is 7.12. The third-order valence-corrected chi connectivity index (χ3v) is 7.20. The van der Waals surface area contributed by atoms with Gasteiger partial charge in [-0.25, -0.2) is 13.2 Å². The number of aliphatic carboxylic acids is 1. The molecule has 29 heavy (non-hydrogen) atoms. The summed E-state index contributed by atoms with van der Waals surface area (Å²) in [6.45, 7) is 3.03. The highest BCUT2D eigenvalue weighted by molar-refractivity contribution is 7.93. The minimum absolute atomic E-state index is 0.00805. The number of carbonyl (C=O) groups is 1. The lowest BCUT2D eigenvalue weighted by atomic mass is 9.98. The van der Waals surface area contributed by atoms with E-state index in [2.05, 4.69) is 0 Å². The average molecular weight is 419 g/mol. The molecular formula is C21H25NO6S. The minimum Gasteiger partial charge on any atom is -0.497 e. The van der Waals surface area contributed by atoms with Crippen molar-refractivity contribution in [2.45, 2.75) is 37.6 Å². The van der Waals surface area contributed by atoms with Gasteiger partial charge in [-0.05, 0) is 61.6 Å². The number of methoxy groups -OCH3 is 1. The number of hydrogen-bond acceptors (Lipinski definition) is 5. The predicted octanol–water partition coefficient (Wildman–Crippen LogP) is 2.92. The second-order valence-corrected chi connectivity index (χ2v) is 8.87. The van der Waals surface area contributed by atoms with Crippen LogP contribution in [0.3, 0.4) is 0 Å². The van der Waals surface area contributed by atoms with Crippen LogP contribution in [0.2, 0.25) is 0 Å². The van der Waals surface area contributed by atoms with Crippen LogP contribution in [-0.4, -0.2) is 45.9 Å². The number of fused-ring (bicyclic) bond motifs is 1. The lowest BCUT2D eigenvalue weighted by molar-refractivity contribution is -0.142. The Balaban J connectivity index is 2.08. The molecule has 1 heterocycles. The fourth-order valence-corrected chi connectivity index (χ4v) is 5.99. The highest BCUT2D eigenvalue weighted by Gasteiger charge is 2.37. The van der Waals surface area contributed by atoms with Crippen molar-refractivity contribution < 1.29 is 27.8 Å². The normalized spacial score (nSPS) is 16.4. The molecule has 0 aliphatic carbocycles. The highest BCUT2D eigenvalue weighted by atomic mass is 32.2. The molecule has 1 N–H and O–H groups in total. The highest BCUT2D eigenvalue weighted by Crippen LogP contribution is 2.38. The molecule has 8 heteroatoms. The molecule has 0 saturated carbocycles. The zero-order chi connectivity index (χ0) is 21.2. The predicted molar refractivity (Wildman–Crippen MR) is 109 cm³/mol. The van der Waals surface area contributed by atoms with Crippen LogP contribution in [0.15, 0.2) is 41.3 Å². The number of carboxylic acids is 1. The van der Waals surface area contributed by atoms with Gasteiger partial charge < -0.3 is 14.6 Å². The largest absolute Gasteiger partial charge is 0.497 e. The number of ether oxygens (including phenoxy) is 2. The van der Waals surface area contributed by atoms with Crippen molar-refractivity contribution in [3.8, 4) is 5.75 Å². The molecular weight excluding hydrogens is 394 g/mol. The van der Waals surface area contributed by atoms with Crippen LogP contribution in [0.4, 0.5) is 5.69 Å². The molecule has 0 aromatic heterocycles. The van der Waals surface area contributed by atoms with Crippen molar-refractivity contribution in [2.24, 2.45) is 0 Å². The molecule has 7 nitrogen and oxygen atoms in total. The summed E-state index contributed by atoms with van der Waals surface area (Å²) < 4.78 is 39.6. The molecule has 2 aromatic rings. The molecule has 1 unspecified atom stereocenters. The van der Waals surface area contributed by atoms with Gasteiger partial charge in [-0.1, -0.05) is 18.2 Å². The fraction of sp³-hybridized carbons (Fsp3) is 0.381. The first-order valence-electron chi connectivity index (χ1n) is 9.32. The summed E-state index contributed by atoms with van der Waals surface area (Å²) in [6, 6.07) is 10.3. The van der Waals surface area contributed by atoms with Crippen LogP contribution in [0, 0.1) is 13.8 Å². The van der Waals surface area contributed by atoms with Crippen LogP contribution in [0.1, 0.15) is 23.1 Å². The van der Waals surface area contributed by atoms with E-state index in [0.29, 0.717) is 35.4 Å². The molecule has 0 bridgehead atoms. The molecule has 156 valence electrons. The van der Waals surface area contributed by atoms with E-state index in [1.807, 2.05) is 12.1 Å². The molecule has 2 aromatic carbocycles. The van der Waals surface area contributed by atoms with Crippen molar-refractivity contribution in [1.82, 2.24) is 0 Å². The zero-order valence-electron chi connectivity index (χ0n) is 16.7. The fourth-order valence-electron chi connectivity index (χ4n) is 3.87. The Morgan fingerprint density at radius 1 is 1.21 bits per heavy atom. The number of para-hydroxylation sites is 1. The summed E-state index contributed by atoms with van der Waals surface area (Å²) in [5, 5.41) is 8.86.